The maximum atomic E-state index is 11.7. The molecule has 0 radical (unpaired) electrons. The van der Waals surface area contributed by atoms with Crippen molar-refractivity contribution in [3.8, 4) is 11.5 Å². The van der Waals surface area contributed by atoms with E-state index in [1.165, 1.54) is 6.07 Å². The van der Waals surface area contributed by atoms with Gasteiger partial charge in [-0.25, -0.2) is 0 Å². The van der Waals surface area contributed by atoms with Crippen LogP contribution in [0.15, 0.2) is 24.3 Å². The average molecular weight is 308 g/mol. The van der Waals surface area contributed by atoms with E-state index in [0.717, 1.165) is 38.5 Å². The third-order valence-electron chi connectivity index (χ3n) is 3.35. The average Bonchev–Trinajstić information content (AvgIpc) is 2.49. The van der Waals surface area contributed by atoms with E-state index in [4.69, 9.17) is 9.84 Å². The third kappa shape index (κ3) is 8.29. The van der Waals surface area contributed by atoms with Crippen molar-refractivity contribution in [2.75, 3.05) is 6.61 Å². The minimum Gasteiger partial charge on any atom is -0.504 e. The van der Waals surface area contributed by atoms with Gasteiger partial charge in [-0.1, -0.05) is 37.8 Å². The predicted molar refractivity (Wildman–Crippen MR) is 83.2 cm³/mol. The third-order valence-corrected chi connectivity index (χ3v) is 3.35. The summed E-state index contributed by atoms with van der Waals surface area (Å²) in [4.78, 5) is 22.0. The van der Waals surface area contributed by atoms with Crippen molar-refractivity contribution >= 4 is 11.8 Å². The van der Waals surface area contributed by atoms with Gasteiger partial charge in [0, 0.05) is 12.8 Å². The Morgan fingerprint density at radius 3 is 2.14 bits per heavy atom. The summed E-state index contributed by atoms with van der Waals surface area (Å²) in [6.07, 6.45) is 6.19. The van der Waals surface area contributed by atoms with Crippen LogP contribution >= 0.6 is 0 Å². The van der Waals surface area contributed by atoms with E-state index in [9.17, 15) is 14.7 Å². The first-order valence-corrected chi connectivity index (χ1v) is 7.74. The molecule has 5 heteroatoms. The summed E-state index contributed by atoms with van der Waals surface area (Å²) in [5, 5.41) is 18.0. The Balaban J connectivity index is 2.00. The fraction of sp³-hybridized carbons (Fsp3) is 0.529. The number of rotatable bonds is 12. The van der Waals surface area contributed by atoms with Crippen LogP contribution in [0.25, 0.3) is 0 Å². The highest BCUT2D eigenvalue weighted by molar-refractivity contribution is 5.79. The zero-order valence-corrected chi connectivity index (χ0v) is 12.8. The van der Waals surface area contributed by atoms with Gasteiger partial charge in [0.25, 0.3) is 0 Å². The highest BCUT2D eigenvalue weighted by atomic mass is 16.5. The highest BCUT2D eigenvalue weighted by Crippen LogP contribution is 2.24. The minimum absolute atomic E-state index is 0.0177. The number of carboxylic acids is 1. The molecule has 0 saturated heterocycles. The van der Waals surface area contributed by atoms with E-state index in [1.54, 1.807) is 18.2 Å². The van der Waals surface area contributed by atoms with Crippen LogP contribution in [0.5, 0.6) is 11.5 Å². The summed E-state index contributed by atoms with van der Waals surface area (Å²) in [5.74, 6) is -0.352. The predicted octanol–water partition coefficient (Wildman–Crippen LogP) is 3.55. The molecule has 122 valence electrons. The quantitative estimate of drug-likeness (QED) is 0.577. The molecule has 0 heterocycles. The summed E-state index contributed by atoms with van der Waals surface area (Å²) in [6, 6.07) is 6.58. The number of ketones is 1. The number of phenols is 1. The molecule has 1 aromatic rings. The molecular formula is C17H24O5. The molecule has 0 fully saturated rings. The van der Waals surface area contributed by atoms with Crippen LogP contribution in [-0.4, -0.2) is 28.6 Å². The van der Waals surface area contributed by atoms with Gasteiger partial charge in [0.2, 0.25) is 0 Å². The summed E-state index contributed by atoms with van der Waals surface area (Å²) < 4.78 is 5.28. The Hall–Kier alpha value is -2.04. The number of para-hydroxylation sites is 2. The van der Waals surface area contributed by atoms with Crippen LogP contribution in [-0.2, 0) is 9.59 Å². The maximum absolute atomic E-state index is 11.7. The van der Waals surface area contributed by atoms with E-state index in [0.29, 0.717) is 12.2 Å². The monoisotopic (exact) mass is 308 g/mol. The molecule has 1 rings (SSSR count). The number of Topliss-reactive ketones (excluding diaryl/α,β-unsaturated/α-hetero) is 1. The first-order chi connectivity index (χ1) is 10.6. The van der Waals surface area contributed by atoms with Crippen LogP contribution in [0, 0.1) is 0 Å². The van der Waals surface area contributed by atoms with Crippen molar-refractivity contribution in [2.24, 2.45) is 0 Å². The number of phenolic OH excluding ortho intramolecular Hbond substituents is 1. The molecule has 0 unspecified atom stereocenters. The minimum atomic E-state index is -0.741. The van der Waals surface area contributed by atoms with Gasteiger partial charge in [-0.15, -0.1) is 0 Å². The van der Waals surface area contributed by atoms with Crippen molar-refractivity contribution < 1.29 is 24.5 Å². The molecule has 2 N–H and O–H groups in total. The number of hydrogen-bond acceptors (Lipinski definition) is 4. The maximum Gasteiger partial charge on any atom is 0.303 e. The second kappa shape index (κ2) is 10.7. The Morgan fingerprint density at radius 1 is 0.909 bits per heavy atom. The normalized spacial score (nSPS) is 10.4. The molecule has 22 heavy (non-hydrogen) atoms. The molecule has 0 aliphatic carbocycles. The fourth-order valence-electron chi connectivity index (χ4n) is 2.12. The van der Waals surface area contributed by atoms with E-state index in [-0.39, 0.29) is 24.6 Å². The van der Waals surface area contributed by atoms with Gasteiger partial charge in [0.05, 0.1) is 0 Å². The van der Waals surface area contributed by atoms with Gasteiger partial charge in [-0.2, -0.15) is 0 Å². The van der Waals surface area contributed by atoms with Crippen molar-refractivity contribution in [3.63, 3.8) is 0 Å². The molecule has 0 aliphatic rings. The number of hydrogen-bond donors (Lipinski definition) is 2. The number of carbonyl (C=O) groups excluding carboxylic acids is 1. The van der Waals surface area contributed by atoms with Crippen LogP contribution in [0.1, 0.15) is 51.4 Å². The van der Waals surface area contributed by atoms with Crippen molar-refractivity contribution in [3.05, 3.63) is 24.3 Å². The van der Waals surface area contributed by atoms with Crippen molar-refractivity contribution in [2.45, 2.75) is 51.4 Å². The number of carboxylic acid groups (broad SMARTS) is 1. The number of unbranched alkanes of at least 4 members (excludes halogenated alkanes) is 5. The van der Waals surface area contributed by atoms with Gasteiger partial charge in [-0.05, 0) is 25.0 Å². The Labute approximate surface area is 130 Å². The van der Waals surface area contributed by atoms with Gasteiger partial charge in [0.1, 0.15) is 6.61 Å². The number of aromatic hydroxyl groups is 1. The lowest BCUT2D eigenvalue weighted by atomic mass is 10.1. The van der Waals surface area contributed by atoms with E-state index >= 15 is 0 Å². The summed E-state index contributed by atoms with van der Waals surface area (Å²) in [6.45, 7) is -0.0177. The van der Waals surface area contributed by atoms with Crippen LogP contribution < -0.4 is 4.74 Å². The Kier molecular flexibility index (Phi) is 8.72. The second-order valence-electron chi connectivity index (χ2n) is 5.31. The molecule has 0 saturated carbocycles. The van der Waals surface area contributed by atoms with Gasteiger partial charge >= 0.3 is 5.97 Å². The van der Waals surface area contributed by atoms with Crippen LogP contribution in [0.2, 0.25) is 0 Å². The molecule has 0 atom stereocenters. The van der Waals surface area contributed by atoms with Crippen molar-refractivity contribution in [1.29, 1.82) is 0 Å². The molecule has 0 amide bonds. The summed E-state index contributed by atoms with van der Waals surface area (Å²) >= 11 is 0. The molecular weight excluding hydrogens is 284 g/mol. The lowest BCUT2D eigenvalue weighted by molar-refractivity contribution is -0.137. The number of ether oxygens (including phenoxy) is 1. The lowest BCUT2D eigenvalue weighted by Crippen LogP contribution is -2.10. The molecule has 0 bridgehead atoms. The van der Waals surface area contributed by atoms with E-state index in [2.05, 4.69) is 0 Å². The molecule has 0 spiro atoms. The zero-order valence-electron chi connectivity index (χ0n) is 12.8. The van der Waals surface area contributed by atoms with Crippen LogP contribution in [0.4, 0.5) is 0 Å². The zero-order chi connectivity index (χ0) is 16.2. The van der Waals surface area contributed by atoms with Gasteiger partial charge < -0.3 is 14.9 Å². The summed E-state index contributed by atoms with van der Waals surface area (Å²) in [5.41, 5.74) is 0. The standard InChI is InChI=1S/C17H24O5/c18-14(13-22-16-11-8-7-10-15(16)19)9-5-3-1-2-4-6-12-17(20)21/h7-8,10-11,19H,1-6,9,12-13H2,(H,20,21). The SMILES string of the molecule is O=C(O)CCCCCCCCC(=O)COc1ccccc1O. The Morgan fingerprint density at radius 2 is 1.50 bits per heavy atom. The highest BCUT2D eigenvalue weighted by Gasteiger charge is 2.06. The Bertz CT molecular complexity index is 470. The van der Waals surface area contributed by atoms with E-state index in [1.807, 2.05) is 0 Å². The first-order valence-electron chi connectivity index (χ1n) is 7.74. The molecule has 1 aromatic carbocycles. The van der Waals surface area contributed by atoms with Gasteiger partial charge in [-0.3, -0.25) is 9.59 Å². The molecule has 0 aliphatic heterocycles. The number of aliphatic carboxylic acids is 1. The topological polar surface area (TPSA) is 83.8 Å². The second-order valence-corrected chi connectivity index (χ2v) is 5.31. The van der Waals surface area contributed by atoms with E-state index < -0.39 is 5.97 Å². The molecule has 0 aromatic heterocycles. The largest absolute Gasteiger partial charge is 0.504 e. The number of benzene rings is 1. The molecule has 5 nitrogen and oxygen atoms in total. The summed E-state index contributed by atoms with van der Waals surface area (Å²) in [7, 11) is 0. The van der Waals surface area contributed by atoms with Gasteiger partial charge in [0.15, 0.2) is 17.3 Å². The number of carbonyl (C=O) groups is 2. The smallest absolute Gasteiger partial charge is 0.303 e. The lowest BCUT2D eigenvalue weighted by Gasteiger charge is -2.07. The van der Waals surface area contributed by atoms with Crippen molar-refractivity contribution in [1.82, 2.24) is 0 Å². The first kappa shape index (κ1) is 18.0. The van der Waals surface area contributed by atoms with Crippen LogP contribution in [0.3, 0.4) is 0 Å². The fourth-order valence-corrected chi connectivity index (χ4v) is 2.12.